The van der Waals surface area contributed by atoms with E-state index >= 15 is 0 Å². The summed E-state index contributed by atoms with van der Waals surface area (Å²) in [5.74, 6) is 0. The molecule has 0 saturated heterocycles. The lowest BCUT2D eigenvalue weighted by atomic mass is 10.3. The van der Waals surface area contributed by atoms with Gasteiger partial charge in [0.25, 0.3) is 10.1 Å². The van der Waals surface area contributed by atoms with E-state index in [9.17, 15) is 8.42 Å². The quantitative estimate of drug-likeness (QED) is 0.292. The Hall–Kier alpha value is 0.470. The van der Waals surface area contributed by atoms with E-state index in [4.69, 9.17) is 16.0 Å². The van der Waals surface area contributed by atoms with Crippen molar-refractivity contribution in [1.29, 1.82) is 0 Å². The van der Waals surface area contributed by atoms with E-state index in [2.05, 4.69) is 12.6 Å². The Morgan fingerprint density at radius 3 is 1.92 bits per heavy atom. The van der Waals surface area contributed by atoms with Crippen LogP contribution < -0.4 is 23.9 Å². The SMILES string of the molecule is NCCC(S)(CN)S(=O)(=O)O.[Cl-]. The van der Waals surface area contributed by atoms with Crippen molar-refractivity contribution in [2.75, 3.05) is 13.1 Å². The maximum atomic E-state index is 10.6. The van der Waals surface area contributed by atoms with Crippen LogP contribution in [-0.2, 0) is 10.1 Å². The largest absolute Gasteiger partial charge is 1.00 e. The summed E-state index contributed by atoms with van der Waals surface area (Å²) in [6.07, 6.45) is 0.0332. The monoisotopic (exact) mass is 235 g/mol. The smallest absolute Gasteiger partial charge is 0.281 e. The molecule has 0 radical (unpaired) electrons. The number of hydrogen-bond acceptors (Lipinski definition) is 5. The van der Waals surface area contributed by atoms with Crippen molar-refractivity contribution >= 4 is 22.7 Å². The summed E-state index contributed by atoms with van der Waals surface area (Å²) in [7, 11) is -4.22. The molecule has 0 aliphatic heterocycles. The van der Waals surface area contributed by atoms with Crippen LogP contribution in [0.3, 0.4) is 0 Å². The Labute approximate surface area is 83.5 Å². The van der Waals surface area contributed by atoms with Crippen LogP contribution in [-0.4, -0.2) is 30.1 Å². The Bertz CT molecular complexity index is 220. The van der Waals surface area contributed by atoms with Crippen molar-refractivity contribution in [3.8, 4) is 0 Å². The molecule has 0 saturated carbocycles. The second kappa shape index (κ2) is 5.25. The lowest BCUT2D eigenvalue weighted by Crippen LogP contribution is -3.00. The van der Waals surface area contributed by atoms with E-state index in [1.165, 1.54) is 0 Å². The molecule has 0 heterocycles. The Kier molecular flexibility index (Phi) is 6.55. The van der Waals surface area contributed by atoms with Crippen molar-refractivity contribution in [1.82, 2.24) is 0 Å². The predicted molar refractivity (Wildman–Crippen MR) is 46.0 cm³/mol. The number of halogens is 1. The number of thiol groups is 1. The molecule has 76 valence electrons. The first-order valence-corrected chi connectivity index (χ1v) is 4.85. The van der Waals surface area contributed by atoms with Gasteiger partial charge in [0.2, 0.25) is 0 Å². The molecule has 0 amide bonds. The molecule has 0 rings (SSSR count). The van der Waals surface area contributed by atoms with Crippen molar-refractivity contribution in [3.63, 3.8) is 0 Å². The minimum atomic E-state index is -4.22. The molecular formula is C4H12ClN2O3S2-. The molecular weight excluding hydrogens is 224 g/mol. The molecule has 0 aliphatic rings. The third-order valence-electron chi connectivity index (χ3n) is 1.33. The molecule has 0 bridgehead atoms. The van der Waals surface area contributed by atoms with Crippen LogP contribution in [0.25, 0.3) is 0 Å². The first-order chi connectivity index (χ1) is 4.87. The van der Waals surface area contributed by atoms with Gasteiger partial charge in [-0.15, -0.1) is 0 Å². The fraction of sp³-hybridized carbons (Fsp3) is 1.00. The molecule has 0 aromatic rings. The second-order valence-electron chi connectivity index (χ2n) is 2.16. The van der Waals surface area contributed by atoms with Crippen LogP contribution in [0.2, 0.25) is 0 Å². The minimum Gasteiger partial charge on any atom is -1.00 e. The summed E-state index contributed by atoms with van der Waals surface area (Å²) in [4.78, 5) is 0. The Morgan fingerprint density at radius 1 is 1.42 bits per heavy atom. The molecule has 12 heavy (non-hydrogen) atoms. The van der Waals surface area contributed by atoms with Crippen molar-refractivity contribution in [3.05, 3.63) is 0 Å². The number of hydrogen-bond donors (Lipinski definition) is 4. The highest BCUT2D eigenvalue weighted by Gasteiger charge is 2.36. The maximum absolute atomic E-state index is 10.6. The lowest BCUT2D eigenvalue weighted by molar-refractivity contribution is -0.00000647. The summed E-state index contributed by atoms with van der Waals surface area (Å²) in [5, 5.41) is 0. The standard InChI is InChI=1S/C4H12N2O3S2.ClH/c5-2-1-4(10,3-6)11(7,8)9;/h10H,1-3,5-6H2,(H,7,8,9);1H/p-1. The second-order valence-corrected chi connectivity index (χ2v) is 5.05. The van der Waals surface area contributed by atoms with Crippen LogP contribution in [0, 0.1) is 0 Å². The zero-order valence-corrected chi connectivity index (χ0v) is 8.74. The van der Waals surface area contributed by atoms with E-state index in [1.54, 1.807) is 0 Å². The van der Waals surface area contributed by atoms with Gasteiger partial charge in [-0.2, -0.15) is 21.0 Å². The average Bonchev–Trinajstić information content (AvgIpc) is 1.86. The molecule has 1 atom stereocenters. The first kappa shape index (κ1) is 15.0. The Morgan fingerprint density at radius 2 is 1.83 bits per heavy atom. The molecule has 0 aromatic heterocycles. The molecule has 0 fully saturated rings. The van der Waals surface area contributed by atoms with Crippen LogP contribution in [0.5, 0.6) is 0 Å². The molecule has 1 unspecified atom stereocenters. The van der Waals surface area contributed by atoms with Crippen LogP contribution in [0.15, 0.2) is 0 Å². The van der Waals surface area contributed by atoms with Gasteiger partial charge < -0.3 is 23.9 Å². The fourth-order valence-electron chi connectivity index (χ4n) is 0.562. The van der Waals surface area contributed by atoms with Gasteiger partial charge in [-0.1, -0.05) is 0 Å². The molecule has 0 aliphatic carbocycles. The molecule has 5 N–H and O–H groups in total. The van der Waals surface area contributed by atoms with Gasteiger partial charge in [-0.25, -0.2) is 0 Å². The van der Waals surface area contributed by atoms with Crippen LogP contribution in [0.1, 0.15) is 6.42 Å². The van der Waals surface area contributed by atoms with Gasteiger partial charge in [0.1, 0.15) is 0 Å². The van der Waals surface area contributed by atoms with Crippen LogP contribution in [0.4, 0.5) is 0 Å². The summed E-state index contributed by atoms with van der Waals surface area (Å²) >= 11 is 3.74. The highest BCUT2D eigenvalue weighted by Crippen LogP contribution is 2.23. The van der Waals surface area contributed by atoms with Gasteiger partial charge in [0, 0.05) is 6.54 Å². The predicted octanol–water partition coefficient (Wildman–Crippen LogP) is -4.19. The van der Waals surface area contributed by atoms with Crippen LogP contribution >= 0.6 is 12.6 Å². The van der Waals surface area contributed by atoms with Gasteiger partial charge >= 0.3 is 0 Å². The summed E-state index contributed by atoms with van der Waals surface area (Å²) < 4.78 is 28.3. The molecule has 0 spiro atoms. The number of nitrogens with two attached hydrogens (primary N) is 2. The zero-order valence-electron chi connectivity index (χ0n) is 6.27. The third-order valence-corrected chi connectivity index (χ3v) is 3.76. The average molecular weight is 236 g/mol. The summed E-state index contributed by atoms with van der Waals surface area (Å²) in [6, 6.07) is 0. The van der Waals surface area contributed by atoms with E-state index in [0.717, 1.165) is 0 Å². The van der Waals surface area contributed by atoms with E-state index in [0.29, 0.717) is 0 Å². The molecule has 8 heteroatoms. The van der Waals surface area contributed by atoms with E-state index in [1.807, 2.05) is 0 Å². The topological polar surface area (TPSA) is 106 Å². The van der Waals surface area contributed by atoms with E-state index in [-0.39, 0.29) is 31.9 Å². The van der Waals surface area contributed by atoms with Crippen molar-refractivity contribution in [2.45, 2.75) is 10.5 Å². The zero-order chi connectivity index (χ0) is 9.12. The highest BCUT2D eigenvalue weighted by atomic mass is 35.5. The number of rotatable bonds is 4. The molecule has 0 aromatic carbocycles. The van der Waals surface area contributed by atoms with Crippen molar-refractivity contribution < 1.29 is 25.4 Å². The summed E-state index contributed by atoms with van der Waals surface area (Å²) in [5.41, 5.74) is 10.2. The lowest BCUT2D eigenvalue weighted by Gasteiger charge is -2.21. The summed E-state index contributed by atoms with van der Waals surface area (Å²) in [6.45, 7) is -0.146. The normalized spacial score (nSPS) is 16.3. The third kappa shape index (κ3) is 3.46. The fourth-order valence-corrected chi connectivity index (χ4v) is 1.28. The maximum Gasteiger partial charge on any atom is 0.281 e. The van der Waals surface area contributed by atoms with Crippen molar-refractivity contribution in [2.24, 2.45) is 11.5 Å². The van der Waals surface area contributed by atoms with Gasteiger partial charge in [0.05, 0.1) is 0 Å². The minimum absolute atomic E-state index is 0. The van der Waals surface area contributed by atoms with Gasteiger partial charge in [-0.05, 0) is 13.0 Å². The molecule has 5 nitrogen and oxygen atoms in total. The highest BCUT2D eigenvalue weighted by molar-refractivity contribution is 8.03. The first-order valence-electron chi connectivity index (χ1n) is 2.97. The van der Waals surface area contributed by atoms with Gasteiger partial charge in [0.15, 0.2) is 4.08 Å². The Balaban J connectivity index is 0. The van der Waals surface area contributed by atoms with E-state index < -0.39 is 14.2 Å². The van der Waals surface area contributed by atoms with Gasteiger partial charge in [-0.3, -0.25) is 4.55 Å².